The maximum Gasteiger partial charge on any atom is 0.344 e. The SMILES string of the molecule is Cc1cc(C)c(NC(=O)COC(=O)COc2ccccc2C=O)c(C)c1. The van der Waals surface area contributed by atoms with Gasteiger partial charge >= 0.3 is 5.97 Å². The summed E-state index contributed by atoms with van der Waals surface area (Å²) >= 11 is 0. The second-order valence-electron chi connectivity index (χ2n) is 5.93. The molecule has 1 amide bonds. The van der Waals surface area contributed by atoms with Crippen molar-refractivity contribution in [2.45, 2.75) is 20.8 Å². The molecule has 6 heteroatoms. The highest BCUT2D eigenvalue weighted by atomic mass is 16.6. The first-order valence-electron chi connectivity index (χ1n) is 8.11. The van der Waals surface area contributed by atoms with Gasteiger partial charge in [-0.05, 0) is 44.0 Å². The number of nitrogens with one attached hydrogen (secondary N) is 1. The molecule has 0 aromatic heterocycles. The van der Waals surface area contributed by atoms with Crippen molar-refractivity contribution in [1.82, 2.24) is 0 Å². The van der Waals surface area contributed by atoms with Gasteiger partial charge in [-0.3, -0.25) is 9.59 Å². The van der Waals surface area contributed by atoms with E-state index in [9.17, 15) is 14.4 Å². The number of carbonyl (C=O) groups excluding carboxylic acids is 3. The Hall–Kier alpha value is -3.15. The van der Waals surface area contributed by atoms with Gasteiger partial charge < -0.3 is 14.8 Å². The molecule has 0 fully saturated rings. The Labute approximate surface area is 152 Å². The Kier molecular flexibility index (Phi) is 6.49. The number of para-hydroxylation sites is 1. The molecule has 0 aliphatic rings. The average molecular weight is 355 g/mol. The van der Waals surface area contributed by atoms with Gasteiger partial charge in [0.2, 0.25) is 0 Å². The normalized spacial score (nSPS) is 10.1. The summed E-state index contributed by atoms with van der Waals surface area (Å²) in [7, 11) is 0. The number of hydrogen-bond donors (Lipinski definition) is 1. The van der Waals surface area contributed by atoms with E-state index in [1.165, 1.54) is 0 Å². The molecule has 2 aromatic carbocycles. The number of esters is 1. The first-order chi connectivity index (χ1) is 12.4. The number of aryl methyl sites for hydroxylation is 3. The summed E-state index contributed by atoms with van der Waals surface area (Å²) in [6.45, 7) is 4.99. The molecule has 0 spiro atoms. The molecule has 0 atom stereocenters. The molecule has 0 saturated heterocycles. The lowest BCUT2D eigenvalue weighted by atomic mass is 10.1. The molecule has 2 rings (SSSR count). The van der Waals surface area contributed by atoms with Crippen LogP contribution >= 0.6 is 0 Å². The van der Waals surface area contributed by atoms with Crippen LogP contribution in [-0.4, -0.2) is 31.4 Å². The lowest BCUT2D eigenvalue weighted by molar-refractivity contribution is -0.149. The summed E-state index contributed by atoms with van der Waals surface area (Å²) in [6.07, 6.45) is 0.639. The van der Waals surface area contributed by atoms with Crippen LogP contribution in [0.3, 0.4) is 0 Å². The molecule has 26 heavy (non-hydrogen) atoms. The predicted molar refractivity (Wildman–Crippen MR) is 97.6 cm³/mol. The van der Waals surface area contributed by atoms with Crippen molar-refractivity contribution >= 4 is 23.9 Å². The number of carbonyl (C=O) groups is 3. The van der Waals surface area contributed by atoms with Crippen LogP contribution in [0.2, 0.25) is 0 Å². The second kappa shape index (κ2) is 8.80. The van der Waals surface area contributed by atoms with E-state index in [1.807, 2.05) is 32.9 Å². The fourth-order valence-corrected chi connectivity index (χ4v) is 2.59. The Morgan fingerprint density at radius 1 is 1.04 bits per heavy atom. The monoisotopic (exact) mass is 355 g/mol. The van der Waals surface area contributed by atoms with Crippen LogP contribution in [0, 0.1) is 20.8 Å². The number of rotatable bonds is 7. The summed E-state index contributed by atoms with van der Waals surface area (Å²) in [5.74, 6) is -0.838. The van der Waals surface area contributed by atoms with Gasteiger partial charge in [-0.25, -0.2) is 4.79 Å². The maximum absolute atomic E-state index is 12.0. The van der Waals surface area contributed by atoms with E-state index in [0.29, 0.717) is 17.5 Å². The fraction of sp³-hybridized carbons (Fsp3) is 0.250. The van der Waals surface area contributed by atoms with Gasteiger partial charge in [-0.1, -0.05) is 29.8 Å². The Morgan fingerprint density at radius 3 is 2.35 bits per heavy atom. The minimum atomic E-state index is -0.696. The minimum absolute atomic E-state index is 0.287. The van der Waals surface area contributed by atoms with Crippen LogP contribution < -0.4 is 10.1 Å². The first-order valence-corrected chi connectivity index (χ1v) is 8.11. The highest BCUT2D eigenvalue weighted by Crippen LogP contribution is 2.21. The third-order valence-electron chi connectivity index (χ3n) is 3.70. The van der Waals surface area contributed by atoms with Crippen LogP contribution in [0.1, 0.15) is 27.0 Å². The van der Waals surface area contributed by atoms with Crippen LogP contribution in [-0.2, 0) is 14.3 Å². The molecular formula is C20H21NO5. The summed E-state index contributed by atoms with van der Waals surface area (Å²) in [5, 5.41) is 2.75. The molecule has 6 nitrogen and oxygen atoms in total. The van der Waals surface area contributed by atoms with Crippen LogP contribution in [0.25, 0.3) is 0 Å². The van der Waals surface area contributed by atoms with Crippen molar-refractivity contribution in [3.05, 3.63) is 58.7 Å². The van der Waals surface area contributed by atoms with E-state index in [-0.39, 0.29) is 12.4 Å². The fourth-order valence-electron chi connectivity index (χ4n) is 2.59. The summed E-state index contributed by atoms with van der Waals surface area (Å²) in [5.41, 5.74) is 4.04. The van der Waals surface area contributed by atoms with Crippen molar-refractivity contribution in [1.29, 1.82) is 0 Å². The van der Waals surface area contributed by atoms with Crippen LogP contribution in [0.15, 0.2) is 36.4 Å². The summed E-state index contributed by atoms with van der Waals surface area (Å²) in [6, 6.07) is 10.5. The number of benzene rings is 2. The molecular weight excluding hydrogens is 334 g/mol. The average Bonchev–Trinajstić information content (AvgIpc) is 2.61. The molecule has 0 heterocycles. The quantitative estimate of drug-likeness (QED) is 0.610. The van der Waals surface area contributed by atoms with E-state index in [1.54, 1.807) is 24.3 Å². The number of hydrogen-bond acceptors (Lipinski definition) is 5. The molecule has 0 saturated carbocycles. The third-order valence-corrected chi connectivity index (χ3v) is 3.70. The lowest BCUT2D eigenvalue weighted by Gasteiger charge is -2.13. The molecule has 136 valence electrons. The Morgan fingerprint density at radius 2 is 1.69 bits per heavy atom. The highest BCUT2D eigenvalue weighted by molar-refractivity contribution is 5.94. The van der Waals surface area contributed by atoms with Gasteiger partial charge in [0.25, 0.3) is 5.91 Å². The van der Waals surface area contributed by atoms with E-state index in [4.69, 9.17) is 9.47 Å². The number of amides is 1. The molecule has 0 radical (unpaired) electrons. The second-order valence-corrected chi connectivity index (χ2v) is 5.93. The maximum atomic E-state index is 12.0. The molecule has 0 unspecified atom stereocenters. The van der Waals surface area contributed by atoms with Gasteiger partial charge in [0.05, 0.1) is 5.56 Å². The van der Waals surface area contributed by atoms with Gasteiger partial charge in [-0.15, -0.1) is 0 Å². The van der Waals surface area contributed by atoms with Crippen LogP contribution in [0.4, 0.5) is 5.69 Å². The highest BCUT2D eigenvalue weighted by Gasteiger charge is 2.12. The standard InChI is InChI=1S/C20H21NO5/c1-13-8-14(2)20(15(3)9-13)21-18(23)11-26-19(24)12-25-17-7-5-4-6-16(17)10-22/h4-10H,11-12H2,1-3H3,(H,21,23). The molecule has 1 N–H and O–H groups in total. The van der Waals surface area contributed by atoms with Gasteiger partial charge in [0, 0.05) is 5.69 Å². The van der Waals surface area contributed by atoms with Crippen molar-refractivity contribution in [3.63, 3.8) is 0 Å². The number of ether oxygens (including phenoxy) is 2. The third kappa shape index (κ3) is 5.17. The molecule has 0 bridgehead atoms. The summed E-state index contributed by atoms with van der Waals surface area (Å²) in [4.78, 5) is 34.6. The van der Waals surface area contributed by atoms with Crippen molar-refractivity contribution in [3.8, 4) is 5.75 Å². The minimum Gasteiger partial charge on any atom is -0.481 e. The zero-order chi connectivity index (χ0) is 19.1. The first kappa shape index (κ1) is 19.2. The predicted octanol–water partition coefficient (Wildman–Crippen LogP) is 2.99. The largest absolute Gasteiger partial charge is 0.481 e. The topological polar surface area (TPSA) is 81.7 Å². The molecule has 0 aliphatic carbocycles. The number of anilines is 1. The van der Waals surface area contributed by atoms with Gasteiger partial charge in [0.1, 0.15) is 5.75 Å². The van der Waals surface area contributed by atoms with Crippen molar-refractivity contribution < 1.29 is 23.9 Å². The van der Waals surface area contributed by atoms with Gasteiger partial charge in [-0.2, -0.15) is 0 Å². The Bertz CT molecular complexity index is 806. The van der Waals surface area contributed by atoms with E-state index in [0.717, 1.165) is 16.7 Å². The smallest absolute Gasteiger partial charge is 0.344 e. The summed E-state index contributed by atoms with van der Waals surface area (Å²) < 4.78 is 10.2. The Balaban J connectivity index is 1.84. The number of aldehydes is 1. The lowest BCUT2D eigenvalue weighted by Crippen LogP contribution is -2.24. The molecule has 0 aliphatic heterocycles. The molecule has 2 aromatic rings. The van der Waals surface area contributed by atoms with Gasteiger partial charge in [0.15, 0.2) is 19.5 Å². The zero-order valence-corrected chi connectivity index (χ0v) is 15.0. The zero-order valence-electron chi connectivity index (χ0n) is 15.0. The van der Waals surface area contributed by atoms with Crippen molar-refractivity contribution in [2.24, 2.45) is 0 Å². The van der Waals surface area contributed by atoms with Crippen molar-refractivity contribution in [2.75, 3.05) is 18.5 Å². The van der Waals surface area contributed by atoms with E-state index < -0.39 is 18.5 Å². The van der Waals surface area contributed by atoms with E-state index >= 15 is 0 Å². The van der Waals surface area contributed by atoms with Crippen LogP contribution in [0.5, 0.6) is 5.75 Å². The van der Waals surface area contributed by atoms with E-state index in [2.05, 4.69) is 5.32 Å².